The number of ether oxygens (including phenoxy) is 1. The van der Waals surface area contributed by atoms with Gasteiger partial charge in [0.1, 0.15) is 11.3 Å². The van der Waals surface area contributed by atoms with E-state index in [-0.39, 0.29) is 35.5 Å². The summed E-state index contributed by atoms with van der Waals surface area (Å²) >= 11 is 0. The number of aromatic nitrogens is 2. The lowest BCUT2D eigenvalue weighted by Crippen LogP contribution is -2.36. The number of nitrogens with zero attached hydrogens (tertiary/aromatic N) is 3. The molecule has 1 saturated carbocycles. The predicted molar refractivity (Wildman–Crippen MR) is 119 cm³/mol. The van der Waals surface area contributed by atoms with Crippen molar-refractivity contribution in [3.8, 4) is 11.6 Å². The topological polar surface area (TPSA) is 117 Å². The minimum Gasteiger partial charge on any atom is -0.494 e. The quantitative estimate of drug-likeness (QED) is 0.741. The first-order valence-electron chi connectivity index (χ1n) is 11.1. The van der Waals surface area contributed by atoms with Crippen molar-refractivity contribution in [2.75, 3.05) is 6.61 Å². The van der Waals surface area contributed by atoms with E-state index >= 15 is 0 Å². The van der Waals surface area contributed by atoms with Crippen LogP contribution in [0.1, 0.15) is 75.6 Å². The van der Waals surface area contributed by atoms with E-state index in [9.17, 15) is 19.5 Å². The van der Waals surface area contributed by atoms with Gasteiger partial charge in [-0.1, -0.05) is 37.5 Å². The second kappa shape index (κ2) is 9.02. The lowest BCUT2D eigenvalue weighted by molar-refractivity contribution is -0.130. The molecule has 1 aliphatic carbocycles. The van der Waals surface area contributed by atoms with Gasteiger partial charge in [0, 0.05) is 24.9 Å². The van der Waals surface area contributed by atoms with Crippen LogP contribution in [0.3, 0.4) is 0 Å². The van der Waals surface area contributed by atoms with Crippen LogP contribution in [0.2, 0.25) is 0 Å². The SMILES string of the molecule is CCOc1ccccc1[C@@H]1CC(c2c(O)n(C3CCCCC3)c(=O)[nH]c2=O)=NN1C(C)=O. The van der Waals surface area contributed by atoms with Gasteiger partial charge in [-0.25, -0.2) is 9.80 Å². The van der Waals surface area contributed by atoms with Crippen molar-refractivity contribution in [1.82, 2.24) is 14.6 Å². The number of hydrogen-bond donors (Lipinski definition) is 2. The summed E-state index contributed by atoms with van der Waals surface area (Å²) in [6, 6.07) is 6.72. The van der Waals surface area contributed by atoms with E-state index in [0.29, 0.717) is 12.4 Å². The molecule has 1 aromatic carbocycles. The zero-order valence-corrected chi connectivity index (χ0v) is 18.3. The molecule has 32 heavy (non-hydrogen) atoms. The van der Waals surface area contributed by atoms with Gasteiger partial charge in [-0.2, -0.15) is 5.10 Å². The first kappa shape index (κ1) is 21.9. The average Bonchev–Trinajstić information content (AvgIpc) is 3.20. The first-order valence-corrected chi connectivity index (χ1v) is 11.1. The van der Waals surface area contributed by atoms with Crippen LogP contribution in [0.5, 0.6) is 11.6 Å². The average molecular weight is 441 g/mol. The van der Waals surface area contributed by atoms with Gasteiger partial charge in [-0.05, 0) is 25.8 Å². The summed E-state index contributed by atoms with van der Waals surface area (Å²) in [6.07, 6.45) is 4.73. The maximum Gasteiger partial charge on any atom is 0.331 e. The Labute approximate surface area is 185 Å². The van der Waals surface area contributed by atoms with Crippen LogP contribution in [0, 0.1) is 0 Å². The van der Waals surface area contributed by atoms with E-state index in [1.165, 1.54) is 16.5 Å². The predicted octanol–water partition coefficient (Wildman–Crippen LogP) is 2.84. The van der Waals surface area contributed by atoms with Gasteiger partial charge in [0.25, 0.3) is 5.56 Å². The Morgan fingerprint density at radius 1 is 1.22 bits per heavy atom. The Bertz CT molecular complexity index is 1160. The molecule has 1 fully saturated rings. The normalized spacial score (nSPS) is 19.1. The molecule has 9 heteroatoms. The Hall–Kier alpha value is -3.36. The van der Waals surface area contributed by atoms with E-state index < -0.39 is 17.3 Å². The molecule has 2 N–H and O–H groups in total. The molecular formula is C23H28N4O5. The third kappa shape index (κ3) is 3.94. The molecule has 0 saturated heterocycles. The highest BCUT2D eigenvalue weighted by Crippen LogP contribution is 2.38. The number of hydrogen-bond acceptors (Lipinski definition) is 6. The van der Waals surface area contributed by atoms with E-state index in [1.54, 1.807) is 0 Å². The van der Waals surface area contributed by atoms with Crippen LogP contribution >= 0.6 is 0 Å². The number of nitrogens with one attached hydrogen (secondary N) is 1. The molecule has 1 amide bonds. The standard InChI is InChI=1S/C23H28N4O5/c1-3-32-19-12-8-7-11-16(19)18-13-17(25-27(18)14(2)28)20-21(29)24-23(31)26(22(20)30)15-9-5-4-6-10-15/h7-8,11-12,15,18,30H,3-6,9-10,13H2,1-2H3,(H,24,29,31)/t18-/m0/s1. The Morgan fingerprint density at radius 2 is 1.94 bits per heavy atom. The van der Waals surface area contributed by atoms with Gasteiger partial charge in [-0.15, -0.1) is 0 Å². The number of aromatic amines is 1. The summed E-state index contributed by atoms with van der Waals surface area (Å²) in [5.74, 6) is -0.0486. The summed E-state index contributed by atoms with van der Waals surface area (Å²) in [6.45, 7) is 3.74. The van der Waals surface area contributed by atoms with Crippen LogP contribution in [0.15, 0.2) is 39.0 Å². The summed E-state index contributed by atoms with van der Waals surface area (Å²) in [7, 11) is 0. The molecule has 2 aromatic rings. The second-order valence-electron chi connectivity index (χ2n) is 8.22. The molecule has 2 heterocycles. The third-order valence-electron chi connectivity index (χ3n) is 6.16. The number of aromatic hydroxyl groups is 1. The molecule has 0 spiro atoms. The molecule has 0 bridgehead atoms. The molecule has 0 radical (unpaired) electrons. The molecule has 1 atom stereocenters. The number of rotatable bonds is 5. The summed E-state index contributed by atoms with van der Waals surface area (Å²) in [5, 5.41) is 16.7. The fourth-order valence-corrected chi connectivity index (χ4v) is 4.71. The lowest BCUT2D eigenvalue weighted by atomic mass is 9.94. The number of carbonyl (C=O) groups is 1. The van der Waals surface area contributed by atoms with Crippen LogP contribution in [-0.2, 0) is 4.79 Å². The molecular weight excluding hydrogens is 412 g/mol. The van der Waals surface area contributed by atoms with Crippen molar-refractivity contribution in [3.05, 3.63) is 56.2 Å². The zero-order chi connectivity index (χ0) is 22.8. The molecule has 2 aliphatic rings. The van der Waals surface area contributed by atoms with E-state index in [0.717, 1.165) is 37.7 Å². The number of carbonyl (C=O) groups excluding carboxylic acids is 1. The summed E-state index contributed by atoms with van der Waals surface area (Å²) in [4.78, 5) is 40.0. The van der Waals surface area contributed by atoms with Crippen LogP contribution in [0.25, 0.3) is 0 Å². The molecule has 4 rings (SSSR count). The van der Waals surface area contributed by atoms with Crippen molar-refractivity contribution >= 4 is 11.6 Å². The van der Waals surface area contributed by atoms with Gasteiger partial charge in [0.05, 0.1) is 18.4 Å². The Kier molecular flexibility index (Phi) is 6.16. The van der Waals surface area contributed by atoms with Crippen molar-refractivity contribution in [3.63, 3.8) is 0 Å². The van der Waals surface area contributed by atoms with Crippen LogP contribution < -0.4 is 16.0 Å². The van der Waals surface area contributed by atoms with Gasteiger partial charge in [-0.3, -0.25) is 19.1 Å². The first-order chi connectivity index (χ1) is 15.4. The number of amides is 1. The highest BCUT2D eigenvalue weighted by Gasteiger charge is 2.36. The molecule has 1 aromatic heterocycles. The molecule has 0 unspecified atom stereocenters. The Balaban J connectivity index is 1.78. The maximum atomic E-state index is 12.7. The summed E-state index contributed by atoms with van der Waals surface area (Å²) in [5.41, 5.74) is -0.360. The highest BCUT2D eigenvalue weighted by atomic mass is 16.5. The third-order valence-corrected chi connectivity index (χ3v) is 6.16. The second-order valence-corrected chi connectivity index (χ2v) is 8.22. The molecule has 1 aliphatic heterocycles. The maximum absolute atomic E-state index is 12.7. The number of H-pyrrole nitrogens is 1. The fourth-order valence-electron chi connectivity index (χ4n) is 4.71. The summed E-state index contributed by atoms with van der Waals surface area (Å²) < 4.78 is 7.00. The fraction of sp³-hybridized carbons (Fsp3) is 0.478. The van der Waals surface area contributed by atoms with Gasteiger partial charge in [0.2, 0.25) is 11.8 Å². The minimum absolute atomic E-state index is 0.0576. The van der Waals surface area contributed by atoms with E-state index in [4.69, 9.17) is 4.74 Å². The molecule has 170 valence electrons. The van der Waals surface area contributed by atoms with Crippen molar-refractivity contribution < 1.29 is 14.6 Å². The number of hydrazone groups is 1. The van der Waals surface area contributed by atoms with Crippen molar-refractivity contribution in [2.45, 2.75) is 64.5 Å². The van der Waals surface area contributed by atoms with Gasteiger partial charge in [0.15, 0.2) is 0 Å². The molecule has 9 nitrogen and oxygen atoms in total. The van der Waals surface area contributed by atoms with E-state index in [1.807, 2.05) is 31.2 Å². The smallest absolute Gasteiger partial charge is 0.331 e. The minimum atomic E-state index is -0.708. The van der Waals surface area contributed by atoms with E-state index in [2.05, 4.69) is 10.1 Å². The van der Waals surface area contributed by atoms with Gasteiger partial charge >= 0.3 is 5.69 Å². The largest absolute Gasteiger partial charge is 0.494 e. The number of benzene rings is 1. The Morgan fingerprint density at radius 3 is 2.62 bits per heavy atom. The highest BCUT2D eigenvalue weighted by molar-refractivity contribution is 6.04. The van der Waals surface area contributed by atoms with Crippen molar-refractivity contribution in [1.29, 1.82) is 0 Å². The zero-order valence-electron chi connectivity index (χ0n) is 18.3. The van der Waals surface area contributed by atoms with Crippen molar-refractivity contribution in [2.24, 2.45) is 5.10 Å². The van der Waals surface area contributed by atoms with Gasteiger partial charge < -0.3 is 9.84 Å². The van der Waals surface area contributed by atoms with Crippen LogP contribution in [-0.4, -0.2) is 37.9 Å². The number of para-hydroxylation sites is 1. The van der Waals surface area contributed by atoms with Crippen LogP contribution in [0.4, 0.5) is 0 Å². The lowest BCUT2D eigenvalue weighted by Gasteiger charge is -2.25. The monoisotopic (exact) mass is 440 g/mol.